The Labute approximate surface area is 120 Å². The van der Waals surface area contributed by atoms with Gasteiger partial charge in [0.2, 0.25) is 0 Å². The highest BCUT2D eigenvalue weighted by Crippen LogP contribution is 2.28. The van der Waals surface area contributed by atoms with Gasteiger partial charge in [-0.05, 0) is 24.3 Å². The third-order valence-corrected chi connectivity index (χ3v) is 4.01. The molecule has 2 aromatic rings. The summed E-state index contributed by atoms with van der Waals surface area (Å²) in [5.74, 6) is 1.50. The molecule has 2 nitrogen and oxygen atoms in total. The summed E-state index contributed by atoms with van der Waals surface area (Å²) in [6.45, 7) is 4.44. The lowest BCUT2D eigenvalue weighted by molar-refractivity contribution is 0.588. The minimum Gasteiger partial charge on any atom is -0.356 e. The number of fused-ring (bicyclic) bond motifs is 1. The van der Waals surface area contributed by atoms with E-state index in [1.165, 1.54) is 10.8 Å². The molecule has 2 rings (SSSR count). The number of benzene rings is 1. The molecule has 0 N–H and O–H groups in total. The molecular formula is C16H21ClN2. The van der Waals surface area contributed by atoms with Crippen molar-refractivity contribution in [3.8, 4) is 0 Å². The molecule has 0 unspecified atom stereocenters. The highest BCUT2D eigenvalue weighted by Gasteiger charge is 2.15. The van der Waals surface area contributed by atoms with Crippen LogP contribution in [0.5, 0.6) is 0 Å². The van der Waals surface area contributed by atoms with Crippen molar-refractivity contribution in [2.24, 2.45) is 0 Å². The molecule has 1 aromatic carbocycles. The van der Waals surface area contributed by atoms with Gasteiger partial charge in [-0.3, -0.25) is 0 Å². The van der Waals surface area contributed by atoms with E-state index in [-0.39, 0.29) is 0 Å². The predicted octanol–water partition coefficient (Wildman–Crippen LogP) is 4.60. The fourth-order valence-corrected chi connectivity index (χ4v) is 2.72. The molecule has 0 aliphatic carbocycles. The smallest absolute Gasteiger partial charge is 0.136 e. The van der Waals surface area contributed by atoms with Crippen LogP contribution in [-0.4, -0.2) is 18.1 Å². The topological polar surface area (TPSA) is 16.1 Å². The van der Waals surface area contributed by atoms with Crippen molar-refractivity contribution < 1.29 is 0 Å². The van der Waals surface area contributed by atoms with E-state index >= 15 is 0 Å². The van der Waals surface area contributed by atoms with Gasteiger partial charge in [0.05, 0.1) is 11.6 Å². The largest absolute Gasteiger partial charge is 0.356 e. The molecule has 102 valence electrons. The van der Waals surface area contributed by atoms with Crippen LogP contribution in [0, 0.1) is 0 Å². The first kappa shape index (κ1) is 14.1. The molecule has 0 amide bonds. The van der Waals surface area contributed by atoms with E-state index in [1.807, 2.05) is 0 Å². The summed E-state index contributed by atoms with van der Waals surface area (Å²) in [5, 5.41) is 2.41. The zero-order valence-corrected chi connectivity index (χ0v) is 12.6. The van der Waals surface area contributed by atoms with Crippen LogP contribution in [0.4, 0.5) is 5.82 Å². The molecule has 0 spiro atoms. The molecule has 0 radical (unpaired) electrons. The Hall–Kier alpha value is -1.28. The monoisotopic (exact) mass is 276 g/mol. The molecule has 0 saturated carbocycles. The van der Waals surface area contributed by atoms with Gasteiger partial charge in [-0.15, -0.1) is 11.6 Å². The van der Waals surface area contributed by atoms with Gasteiger partial charge < -0.3 is 4.90 Å². The van der Waals surface area contributed by atoms with E-state index in [1.54, 1.807) is 0 Å². The van der Waals surface area contributed by atoms with Crippen LogP contribution >= 0.6 is 11.6 Å². The fraction of sp³-hybridized carbons (Fsp3) is 0.438. The van der Waals surface area contributed by atoms with Crippen molar-refractivity contribution in [2.45, 2.75) is 38.6 Å². The zero-order chi connectivity index (χ0) is 13.8. The van der Waals surface area contributed by atoms with E-state index in [0.29, 0.717) is 11.9 Å². The highest BCUT2D eigenvalue weighted by molar-refractivity contribution is 6.17. The van der Waals surface area contributed by atoms with Crippen molar-refractivity contribution in [1.82, 2.24) is 4.98 Å². The van der Waals surface area contributed by atoms with Crippen molar-refractivity contribution >= 4 is 28.2 Å². The Bertz CT molecular complexity index is 549. The van der Waals surface area contributed by atoms with Gasteiger partial charge >= 0.3 is 0 Å². The van der Waals surface area contributed by atoms with E-state index in [4.69, 9.17) is 16.6 Å². The number of nitrogens with zero attached hydrogens (tertiary/aromatic N) is 2. The third kappa shape index (κ3) is 2.84. The Balaban J connectivity index is 2.57. The first-order valence-electron chi connectivity index (χ1n) is 6.88. The van der Waals surface area contributed by atoms with Crippen LogP contribution in [0.25, 0.3) is 10.8 Å². The van der Waals surface area contributed by atoms with Crippen molar-refractivity contribution in [3.63, 3.8) is 0 Å². The summed E-state index contributed by atoms with van der Waals surface area (Å²) in [4.78, 5) is 7.02. The van der Waals surface area contributed by atoms with Gasteiger partial charge in [0.25, 0.3) is 0 Å². The Morgan fingerprint density at radius 1 is 1.21 bits per heavy atom. The lowest BCUT2D eigenvalue weighted by Gasteiger charge is -2.28. The summed E-state index contributed by atoms with van der Waals surface area (Å²) in [5.41, 5.74) is 0.938. The lowest BCUT2D eigenvalue weighted by Crippen LogP contribution is -2.31. The van der Waals surface area contributed by atoms with Gasteiger partial charge in [0.1, 0.15) is 5.82 Å². The normalized spacial score (nSPS) is 11.2. The quantitative estimate of drug-likeness (QED) is 0.742. The molecule has 3 heteroatoms. The molecule has 0 saturated heterocycles. The van der Waals surface area contributed by atoms with E-state index in [9.17, 15) is 0 Å². The minimum atomic E-state index is 0.453. The Morgan fingerprint density at radius 2 is 1.89 bits per heavy atom. The van der Waals surface area contributed by atoms with Crippen LogP contribution < -0.4 is 4.90 Å². The average Bonchev–Trinajstić information content (AvgIpc) is 2.47. The molecule has 0 bridgehead atoms. The van der Waals surface area contributed by atoms with Crippen LogP contribution in [0.15, 0.2) is 30.3 Å². The maximum Gasteiger partial charge on any atom is 0.136 e. The average molecular weight is 277 g/mol. The van der Waals surface area contributed by atoms with Gasteiger partial charge in [0.15, 0.2) is 0 Å². The maximum atomic E-state index is 5.97. The van der Waals surface area contributed by atoms with Gasteiger partial charge in [0, 0.05) is 18.5 Å². The van der Waals surface area contributed by atoms with Crippen LogP contribution in [0.1, 0.15) is 32.4 Å². The van der Waals surface area contributed by atoms with E-state index in [0.717, 1.165) is 24.4 Å². The van der Waals surface area contributed by atoms with E-state index in [2.05, 4.69) is 56.1 Å². The zero-order valence-electron chi connectivity index (χ0n) is 11.9. The molecule has 0 aliphatic rings. The van der Waals surface area contributed by atoms with Crippen LogP contribution in [-0.2, 0) is 5.88 Å². The number of halogens is 1. The summed E-state index contributed by atoms with van der Waals surface area (Å²) in [6, 6.07) is 11.0. The molecule has 1 aromatic heterocycles. The summed E-state index contributed by atoms with van der Waals surface area (Å²) in [6.07, 6.45) is 2.24. The molecular weight excluding hydrogens is 256 g/mol. The second-order valence-corrected chi connectivity index (χ2v) is 5.14. The summed E-state index contributed by atoms with van der Waals surface area (Å²) in [7, 11) is 2.13. The number of hydrogen-bond donors (Lipinski definition) is 0. The number of alkyl halides is 1. The Kier molecular flexibility index (Phi) is 4.65. The van der Waals surface area contributed by atoms with Crippen molar-refractivity contribution in [3.05, 3.63) is 36.0 Å². The second kappa shape index (κ2) is 6.25. The predicted molar refractivity (Wildman–Crippen MR) is 84.1 cm³/mol. The lowest BCUT2D eigenvalue weighted by atomic mass is 10.1. The number of pyridine rings is 1. The summed E-state index contributed by atoms with van der Waals surface area (Å²) >= 11 is 5.97. The standard InChI is InChI=1S/C16H21ClN2/c1-4-14(5-2)19(3)16-15-9-7-6-8-12(15)10-13(11-17)18-16/h6-10,14H,4-5,11H2,1-3H3. The molecule has 1 heterocycles. The molecule has 19 heavy (non-hydrogen) atoms. The number of rotatable bonds is 5. The summed E-state index contributed by atoms with van der Waals surface area (Å²) < 4.78 is 0. The first-order chi connectivity index (χ1) is 9.21. The Morgan fingerprint density at radius 3 is 2.53 bits per heavy atom. The molecule has 0 aliphatic heterocycles. The number of hydrogen-bond acceptors (Lipinski definition) is 2. The molecule has 0 atom stereocenters. The van der Waals surface area contributed by atoms with Crippen LogP contribution in [0.2, 0.25) is 0 Å². The first-order valence-corrected chi connectivity index (χ1v) is 7.42. The fourth-order valence-electron chi connectivity index (χ4n) is 2.58. The second-order valence-electron chi connectivity index (χ2n) is 4.87. The van der Waals surface area contributed by atoms with Gasteiger partial charge in [-0.2, -0.15) is 0 Å². The van der Waals surface area contributed by atoms with E-state index < -0.39 is 0 Å². The minimum absolute atomic E-state index is 0.453. The van der Waals surface area contributed by atoms with Crippen LogP contribution in [0.3, 0.4) is 0 Å². The third-order valence-electron chi connectivity index (χ3n) is 3.73. The number of anilines is 1. The van der Waals surface area contributed by atoms with Crippen molar-refractivity contribution in [1.29, 1.82) is 0 Å². The maximum absolute atomic E-state index is 5.97. The number of aromatic nitrogens is 1. The van der Waals surface area contributed by atoms with Gasteiger partial charge in [-0.25, -0.2) is 4.98 Å². The van der Waals surface area contributed by atoms with Gasteiger partial charge in [-0.1, -0.05) is 38.1 Å². The SMILES string of the molecule is CCC(CC)N(C)c1nc(CCl)cc2ccccc12. The molecule has 0 fully saturated rings. The van der Waals surface area contributed by atoms with Crippen molar-refractivity contribution in [2.75, 3.05) is 11.9 Å². The highest BCUT2D eigenvalue weighted by atomic mass is 35.5.